The van der Waals surface area contributed by atoms with Crippen LogP contribution in [0.5, 0.6) is 11.5 Å². The number of carbonyl (C=O) groups is 2. The van der Waals surface area contributed by atoms with Crippen molar-refractivity contribution in [2.75, 3.05) is 13.7 Å². The summed E-state index contributed by atoms with van der Waals surface area (Å²) in [5.74, 6) is 1.03. The molecule has 0 aromatic heterocycles. The fraction of sp³-hybridized carbons (Fsp3) is 0.300. The third kappa shape index (κ3) is 4.64. The normalized spacial score (nSPS) is 16.6. The minimum absolute atomic E-state index is 0.186. The van der Waals surface area contributed by atoms with Crippen LogP contribution in [-0.4, -0.2) is 35.0 Å². The highest BCUT2D eigenvalue weighted by Gasteiger charge is 2.39. The first-order valence-corrected chi connectivity index (χ1v) is 10.7. The van der Waals surface area contributed by atoms with Gasteiger partial charge < -0.3 is 9.47 Å². The molecular weight excluding hydrogens is 466 g/mol. The lowest BCUT2D eigenvalue weighted by molar-refractivity contribution is -0.127. The third-order valence-electron chi connectivity index (χ3n) is 4.26. The molecule has 8 heteroatoms. The number of nitrogens with zero attached hydrogens (tertiary/aromatic N) is 1. The quantitative estimate of drug-likeness (QED) is 0.532. The van der Waals surface area contributed by atoms with Gasteiger partial charge in [-0.25, -0.2) is 0 Å². The summed E-state index contributed by atoms with van der Waals surface area (Å²) in [6.45, 7) is 2.66. The highest BCUT2D eigenvalue weighted by atomic mass is 79.9. The Labute approximate surface area is 181 Å². The molecule has 0 N–H and O–H groups in total. The number of thioether (sulfide) groups is 1. The molecule has 0 saturated carbocycles. The van der Waals surface area contributed by atoms with Crippen molar-refractivity contribution in [3.8, 4) is 11.5 Å². The first-order valence-electron chi connectivity index (χ1n) is 8.68. The van der Waals surface area contributed by atoms with Crippen molar-refractivity contribution in [3.63, 3.8) is 0 Å². The summed E-state index contributed by atoms with van der Waals surface area (Å²) >= 11 is 10.4. The third-order valence-corrected chi connectivity index (χ3v) is 6.17. The maximum atomic E-state index is 12.8. The molecule has 0 unspecified atom stereocenters. The maximum Gasteiger partial charge on any atom is 0.289 e. The lowest BCUT2D eigenvalue weighted by Crippen LogP contribution is -2.31. The van der Waals surface area contributed by atoms with Gasteiger partial charge in [0.25, 0.3) is 5.24 Å². The van der Waals surface area contributed by atoms with E-state index in [1.165, 1.54) is 4.90 Å². The van der Waals surface area contributed by atoms with E-state index in [0.717, 1.165) is 27.4 Å². The molecule has 3 rings (SSSR count). The Morgan fingerprint density at radius 1 is 1.18 bits per heavy atom. The zero-order valence-electron chi connectivity index (χ0n) is 15.4. The van der Waals surface area contributed by atoms with Gasteiger partial charge in [0.05, 0.1) is 30.0 Å². The van der Waals surface area contributed by atoms with Crippen LogP contribution in [0.3, 0.4) is 0 Å². The number of hydrogen-bond acceptors (Lipinski definition) is 5. The van der Waals surface area contributed by atoms with Gasteiger partial charge in [0.1, 0.15) is 0 Å². The van der Waals surface area contributed by atoms with Crippen LogP contribution in [0, 0.1) is 0 Å². The minimum atomic E-state index is -0.464. The van der Waals surface area contributed by atoms with E-state index in [1.54, 1.807) is 19.2 Å². The van der Waals surface area contributed by atoms with Crippen LogP contribution < -0.4 is 9.47 Å². The van der Waals surface area contributed by atoms with Crippen molar-refractivity contribution < 1.29 is 19.1 Å². The predicted octanol–water partition coefficient (Wildman–Crippen LogP) is 5.32. The Morgan fingerprint density at radius 3 is 2.54 bits per heavy atom. The molecule has 0 spiro atoms. The molecule has 148 valence electrons. The summed E-state index contributed by atoms with van der Waals surface area (Å²) in [5.41, 5.74) is 1.75. The van der Waals surface area contributed by atoms with E-state index in [-0.39, 0.29) is 17.7 Å². The predicted molar refractivity (Wildman–Crippen MR) is 114 cm³/mol. The fourth-order valence-electron chi connectivity index (χ4n) is 2.93. The van der Waals surface area contributed by atoms with E-state index < -0.39 is 5.25 Å². The molecule has 0 radical (unpaired) electrons. The van der Waals surface area contributed by atoms with Gasteiger partial charge in [-0.15, -0.1) is 0 Å². The van der Waals surface area contributed by atoms with Gasteiger partial charge in [0, 0.05) is 5.02 Å². The Hall–Kier alpha value is -1.70. The van der Waals surface area contributed by atoms with Gasteiger partial charge in [0.15, 0.2) is 11.5 Å². The highest BCUT2D eigenvalue weighted by molar-refractivity contribution is 9.10. The van der Waals surface area contributed by atoms with Crippen molar-refractivity contribution in [1.29, 1.82) is 0 Å². The zero-order valence-corrected chi connectivity index (χ0v) is 18.6. The summed E-state index contributed by atoms with van der Waals surface area (Å²) in [6.07, 6.45) is 0.424. The van der Waals surface area contributed by atoms with Crippen molar-refractivity contribution in [2.45, 2.75) is 25.1 Å². The number of carbonyl (C=O) groups excluding carboxylic acids is 2. The molecule has 2 amide bonds. The molecule has 1 saturated heterocycles. The van der Waals surface area contributed by atoms with Gasteiger partial charge in [-0.05, 0) is 64.7 Å². The molecule has 1 atom stereocenters. The molecule has 2 aromatic carbocycles. The Bertz CT molecular complexity index is 891. The van der Waals surface area contributed by atoms with Gasteiger partial charge >= 0.3 is 0 Å². The first-order chi connectivity index (χ1) is 13.4. The number of ether oxygens (including phenoxy) is 2. The molecular formula is C20H19BrClNO4S. The molecule has 5 nitrogen and oxygen atoms in total. The van der Waals surface area contributed by atoms with Crippen molar-refractivity contribution >= 4 is 50.4 Å². The molecule has 1 aliphatic heterocycles. The van der Waals surface area contributed by atoms with Crippen molar-refractivity contribution in [2.24, 2.45) is 0 Å². The second kappa shape index (κ2) is 9.20. The molecule has 0 aliphatic carbocycles. The van der Waals surface area contributed by atoms with Crippen LogP contribution in [0.2, 0.25) is 5.02 Å². The summed E-state index contributed by atoms with van der Waals surface area (Å²) in [4.78, 5) is 26.5. The Morgan fingerprint density at radius 2 is 1.89 bits per heavy atom. The van der Waals surface area contributed by atoms with Crippen LogP contribution in [-0.2, 0) is 17.8 Å². The number of halogens is 2. The summed E-state index contributed by atoms with van der Waals surface area (Å²) < 4.78 is 11.8. The Kier molecular flexibility index (Phi) is 6.91. The lowest BCUT2D eigenvalue weighted by atomic mass is 10.1. The van der Waals surface area contributed by atoms with Crippen molar-refractivity contribution in [3.05, 3.63) is 57.0 Å². The first kappa shape index (κ1) is 21.0. The van der Waals surface area contributed by atoms with Crippen LogP contribution in [0.4, 0.5) is 4.79 Å². The number of benzene rings is 2. The molecule has 28 heavy (non-hydrogen) atoms. The van der Waals surface area contributed by atoms with Crippen LogP contribution in [0.15, 0.2) is 40.9 Å². The van der Waals surface area contributed by atoms with Crippen LogP contribution in [0.1, 0.15) is 18.1 Å². The largest absolute Gasteiger partial charge is 0.493 e. The molecule has 0 bridgehead atoms. The average molecular weight is 485 g/mol. The second-order valence-corrected chi connectivity index (χ2v) is 8.61. The van der Waals surface area contributed by atoms with E-state index in [9.17, 15) is 9.59 Å². The topological polar surface area (TPSA) is 55.8 Å². The number of hydrogen-bond donors (Lipinski definition) is 0. The smallest absolute Gasteiger partial charge is 0.289 e. The number of amides is 2. The monoisotopic (exact) mass is 483 g/mol. The number of imide groups is 1. The Balaban J connectivity index is 1.75. The number of methoxy groups -OCH3 is 1. The van der Waals surface area contributed by atoms with Gasteiger partial charge in [-0.3, -0.25) is 14.5 Å². The zero-order chi connectivity index (χ0) is 20.3. The fourth-order valence-corrected chi connectivity index (χ4v) is 4.69. The summed E-state index contributed by atoms with van der Waals surface area (Å²) in [5, 5.41) is -0.0821. The molecule has 1 heterocycles. The highest BCUT2D eigenvalue weighted by Crippen LogP contribution is 2.38. The van der Waals surface area contributed by atoms with Crippen LogP contribution in [0.25, 0.3) is 0 Å². The van der Waals surface area contributed by atoms with Gasteiger partial charge in [0.2, 0.25) is 5.91 Å². The summed E-state index contributed by atoms with van der Waals surface area (Å²) in [7, 11) is 1.57. The SMILES string of the molecule is CCOc1c(Br)cc(C[C@@H]2SC(=O)N(Cc3ccc(Cl)cc3)C2=O)cc1OC. The summed E-state index contributed by atoms with van der Waals surface area (Å²) in [6, 6.07) is 10.9. The van der Waals surface area contributed by atoms with Crippen molar-refractivity contribution in [1.82, 2.24) is 4.90 Å². The van der Waals surface area contributed by atoms with E-state index in [0.29, 0.717) is 29.5 Å². The molecule has 2 aromatic rings. The molecule has 1 fully saturated rings. The van der Waals surface area contributed by atoms with Crippen LogP contribution >= 0.6 is 39.3 Å². The molecule has 1 aliphatic rings. The lowest BCUT2D eigenvalue weighted by Gasteiger charge is -2.15. The minimum Gasteiger partial charge on any atom is -0.493 e. The van der Waals surface area contributed by atoms with E-state index in [2.05, 4.69) is 15.9 Å². The van der Waals surface area contributed by atoms with E-state index >= 15 is 0 Å². The van der Waals surface area contributed by atoms with E-state index in [4.69, 9.17) is 21.1 Å². The standard InChI is InChI=1S/C20H19BrClNO4S/c1-3-27-18-15(21)8-13(9-16(18)26-2)10-17-19(24)23(20(25)28-17)11-12-4-6-14(22)7-5-12/h4-9,17H,3,10-11H2,1-2H3/t17-/m0/s1. The maximum absolute atomic E-state index is 12.8. The average Bonchev–Trinajstić information content (AvgIpc) is 2.92. The van der Waals surface area contributed by atoms with E-state index in [1.807, 2.05) is 31.2 Å². The number of rotatable bonds is 7. The van der Waals surface area contributed by atoms with Gasteiger partial charge in [-0.1, -0.05) is 35.5 Å². The van der Waals surface area contributed by atoms with Gasteiger partial charge in [-0.2, -0.15) is 0 Å². The second-order valence-electron chi connectivity index (χ2n) is 6.17.